The predicted octanol–water partition coefficient (Wildman–Crippen LogP) is 0.851. The summed E-state index contributed by atoms with van der Waals surface area (Å²) in [5, 5.41) is 8.42. The van der Waals surface area contributed by atoms with Crippen LogP contribution >= 0.6 is 0 Å². The number of carboxylic acids is 1. The summed E-state index contributed by atoms with van der Waals surface area (Å²) >= 11 is 0. The molecular weight excluding hydrogens is 170 g/mol. The van der Waals surface area contributed by atoms with E-state index in [2.05, 4.69) is 13.8 Å². The van der Waals surface area contributed by atoms with Gasteiger partial charge in [-0.05, 0) is 18.8 Å². The van der Waals surface area contributed by atoms with Crippen molar-refractivity contribution < 1.29 is 14.6 Å². The molecule has 0 spiro atoms. The largest absolute Gasteiger partial charge is 0.480 e. The molecule has 0 rings (SSSR count). The molecule has 4 heteroatoms. The molecule has 0 aromatic rings. The fourth-order valence-corrected chi connectivity index (χ4v) is 0.875. The normalized spacial score (nSPS) is 13.2. The molecule has 0 aliphatic rings. The van der Waals surface area contributed by atoms with Crippen molar-refractivity contribution in [1.29, 1.82) is 0 Å². The van der Waals surface area contributed by atoms with Gasteiger partial charge in [-0.15, -0.1) is 0 Å². The van der Waals surface area contributed by atoms with Gasteiger partial charge in [0.2, 0.25) is 0 Å². The summed E-state index contributed by atoms with van der Waals surface area (Å²) in [6.07, 6.45) is 2.06. The van der Waals surface area contributed by atoms with Gasteiger partial charge >= 0.3 is 5.97 Å². The van der Waals surface area contributed by atoms with Crippen molar-refractivity contribution >= 4 is 5.97 Å². The lowest BCUT2D eigenvalue weighted by molar-refractivity contribution is -0.140. The van der Waals surface area contributed by atoms with Gasteiger partial charge in [0.1, 0.15) is 6.04 Å². The summed E-state index contributed by atoms with van der Waals surface area (Å²) < 4.78 is 5.10. The Kier molecular flexibility index (Phi) is 6.54. The second-order valence-electron chi connectivity index (χ2n) is 3.56. The first kappa shape index (κ1) is 12.4. The van der Waals surface area contributed by atoms with Crippen LogP contribution < -0.4 is 5.73 Å². The molecule has 4 nitrogen and oxygen atoms in total. The summed E-state index contributed by atoms with van der Waals surface area (Å²) in [6.45, 7) is 4.98. The molecule has 0 aromatic heterocycles. The highest BCUT2D eigenvalue weighted by molar-refractivity contribution is 5.73. The SMILES string of the molecule is CC(C)CCCOCC(N)C(=O)O. The Balaban J connectivity index is 3.21. The van der Waals surface area contributed by atoms with Gasteiger partial charge in [0.05, 0.1) is 6.61 Å². The van der Waals surface area contributed by atoms with E-state index in [0.717, 1.165) is 12.8 Å². The summed E-state index contributed by atoms with van der Waals surface area (Å²) in [4.78, 5) is 10.3. The molecule has 0 aliphatic carbocycles. The van der Waals surface area contributed by atoms with E-state index in [9.17, 15) is 4.79 Å². The molecule has 1 atom stereocenters. The van der Waals surface area contributed by atoms with E-state index < -0.39 is 12.0 Å². The van der Waals surface area contributed by atoms with Crippen LogP contribution in [-0.4, -0.2) is 30.3 Å². The van der Waals surface area contributed by atoms with E-state index in [4.69, 9.17) is 15.6 Å². The van der Waals surface area contributed by atoms with Crippen LogP contribution in [0, 0.1) is 5.92 Å². The highest BCUT2D eigenvalue weighted by Gasteiger charge is 2.10. The number of ether oxygens (including phenoxy) is 1. The summed E-state index contributed by atoms with van der Waals surface area (Å²) in [7, 11) is 0. The topological polar surface area (TPSA) is 72.5 Å². The molecule has 0 bridgehead atoms. The Bertz CT molecular complexity index is 148. The smallest absolute Gasteiger partial charge is 0.322 e. The first-order valence-electron chi connectivity index (χ1n) is 4.60. The molecule has 3 N–H and O–H groups in total. The minimum Gasteiger partial charge on any atom is -0.480 e. The van der Waals surface area contributed by atoms with Crippen LogP contribution in [0.4, 0.5) is 0 Å². The van der Waals surface area contributed by atoms with Gasteiger partial charge in [-0.1, -0.05) is 13.8 Å². The Morgan fingerprint density at radius 3 is 2.62 bits per heavy atom. The summed E-state index contributed by atoms with van der Waals surface area (Å²) in [5.74, 6) is -0.347. The van der Waals surface area contributed by atoms with Crippen LogP contribution in [0.5, 0.6) is 0 Å². The Morgan fingerprint density at radius 2 is 2.15 bits per heavy atom. The number of hydrogen-bond acceptors (Lipinski definition) is 3. The van der Waals surface area contributed by atoms with Crippen LogP contribution in [0.25, 0.3) is 0 Å². The summed E-state index contributed by atoms with van der Waals surface area (Å²) in [5.41, 5.74) is 5.23. The fraction of sp³-hybridized carbons (Fsp3) is 0.889. The number of aliphatic carboxylic acids is 1. The molecule has 0 heterocycles. The molecule has 0 aromatic carbocycles. The lowest BCUT2D eigenvalue weighted by atomic mass is 10.1. The van der Waals surface area contributed by atoms with Crippen LogP contribution in [0.3, 0.4) is 0 Å². The number of hydrogen-bond donors (Lipinski definition) is 2. The van der Waals surface area contributed by atoms with Crippen LogP contribution in [0.15, 0.2) is 0 Å². The van der Waals surface area contributed by atoms with Crippen molar-refractivity contribution in [2.24, 2.45) is 11.7 Å². The van der Waals surface area contributed by atoms with E-state index in [-0.39, 0.29) is 6.61 Å². The van der Waals surface area contributed by atoms with Crippen LogP contribution in [0.2, 0.25) is 0 Å². The lowest BCUT2D eigenvalue weighted by Crippen LogP contribution is -2.35. The van der Waals surface area contributed by atoms with E-state index in [0.29, 0.717) is 12.5 Å². The van der Waals surface area contributed by atoms with Crippen molar-refractivity contribution in [3.63, 3.8) is 0 Å². The third-order valence-corrected chi connectivity index (χ3v) is 1.68. The molecule has 0 radical (unpaired) electrons. The molecule has 0 saturated heterocycles. The van der Waals surface area contributed by atoms with Crippen molar-refractivity contribution in [1.82, 2.24) is 0 Å². The van der Waals surface area contributed by atoms with Crippen LogP contribution in [0.1, 0.15) is 26.7 Å². The second-order valence-corrected chi connectivity index (χ2v) is 3.56. The van der Waals surface area contributed by atoms with Crippen molar-refractivity contribution in [2.75, 3.05) is 13.2 Å². The minimum absolute atomic E-state index is 0.105. The number of nitrogens with two attached hydrogens (primary N) is 1. The van der Waals surface area contributed by atoms with Crippen molar-refractivity contribution in [3.05, 3.63) is 0 Å². The average molecular weight is 189 g/mol. The van der Waals surface area contributed by atoms with Gasteiger partial charge < -0.3 is 15.6 Å². The summed E-state index contributed by atoms with van der Waals surface area (Å²) in [6, 6.07) is -0.890. The standard InChI is InChI=1S/C9H19NO3/c1-7(2)4-3-5-13-6-8(10)9(11)12/h7-8H,3-6,10H2,1-2H3,(H,11,12). The second kappa shape index (κ2) is 6.86. The third kappa shape index (κ3) is 7.74. The van der Waals surface area contributed by atoms with Gasteiger partial charge in [-0.3, -0.25) is 4.79 Å². The zero-order valence-corrected chi connectivity index (χ0v) is 8.32. The Morgan fingerprint density at radius 1 is 1.54 bits per heavy atom. The van der Waals surface area contributed by atoms with Crippen molar-refractivity contribution in [2.45, 2.75) is 32.7 Å². The molecule has 78 valence electrons. The van der Waals surface area contributed by atoms with E-state index in [1.165, 1.54) is 0 Å². The van der Waals surface area contributed by atoms with Gasteiger partial charge in [0.25, 0.3) is 0 Å². The molecule has 1 unspecified atom stereocenters. The predicted molar refractivity (Wildman–Crippen MR) is 50.5 cm³/mol. The van der Waals surface area contributed by atoms with Gasteiger partial charge in [-0.25, -0.2) is 0 Å². The third-order valence-electron chi connectivity index (χ3n) is 1.68. The van der Waals surface area contributed by atoms with Gasteiger partial charge in [-0.2, -0.15) is 0 Å². The zero-order valence-electron chi connectivity index (χ0n) is 8.32. The van der Waals surface area contributed by atoms with E-state index in [1.54, 1.807) is 0 Å². The molecular formula is C9H19NO3. The maximum absolute atomic E-state index is 10.3. The Hall–Kier alpha value is -0.610. The van der Waals surface area contributed by atoms with E-state index >= 15 is 0 Å². The van der Waals surface area contributed by atoms with Crippen LogP contribution in [-0.2, 0) is 9.53 Å². The number of carbonyl (C=O) groups is 1. The highest BCUT2D eigenvalue weighted by Crippen LogP contribution is 2.02. The van der Waals surface area contributed by atoms with Gasteiger partial charge in [0, 0.05) is 6.61 Å². The highest BCUT2D eigenvalue weighted by atomic mass is 16.5. The molecule has 0 saturated carbocycles. The first-order valence-corrected chi connectivity index (χ1v) is 4.60. The zero-order chi connectivity index (χ0) is 10.3. The maximum Gasteiger partial charge on any atom is 0.322 e. The maximum atomic E-state index is 10.3. The lowest BCUT2D eigenvalue weighted by Gasteiger charge is -2.08. The average Bonchev–Trinajstić information content (AvgIpc) is 2.02. The first-order chi connectivity index (χ1) is 6.04. The Labute approximate surface area is 79.1 Å². The molecule has 13 heavy (non-hydrogen) atoms. The molecule has 0 fully saturated rings. The number of rotatable bonds is 7. The number of carboxylic acid groups (broad SMARTS) is 1. The molecule has 0 aliphatic heterocycles. The van der Waals surface area contributed by atoms with Crippen molar-refractivity contribution in [3.8, 4) is 0 Å². The fourth-order valence-electron chi connectivity index (χ4n) is 0.875. The molecule has 0 amide bonds. The minimum atomic E-state index is -1.01. The van der Waals surface area contributed by atoms with Gasteiger partial charge in [0.15, 0.2) is 0 Å². The van der Waals surface area contributed by atoms with E-state index in [1.807, 2.05) is 0 Å². The monoisotopic (exact) mass is 189 g/mol. The quantitative estimate of drug-likeness (QED) is 0.582.